The number of halogens is 1. The largest absolute Gasteiger partial charge is 1.00 e. The number of hydrogen-bond donors (Lipinski definition) is 0. The maximum Gasteiger partial charge on any atom is 0.269 e. The number of aromatic nitrogens is 1. The van der Waals surface area contributed by atoms with Gasteiger partial charge in [0.25, 0.3) is 5.01 Å². The molecule has 4 heteroatoms. The van der Waals surface area contributed by atoms with Crippen molar-refractivity contribution in [2.75, 3.05) is 19.0 Å². The summed E-state index contributed by atoms with van der Waals surface area (Å²) in [5, 5.41) is 1.34. The molecule has 1 heterocycles. The Balaban J connectivity index is 0.00000200. The van der Waals surface area contributed by atoms with E-state index >= 15 is 0 Å². The van der Waals surface area contributed by atoms with Crippen molar-refractivity contribution in [2.45, 2.75) is 26.7 Å². The second-order valence-electron chi connectivity index (χ2n) is 5.51. The van der Waals surface area contributed by atoms with E-state index in [9.17, 15) is 0 Å². The van der Waals surface area contributed by atoms with Crippen LogP contribution in [0, 0.1) is 6.92 Å². The highest BCUT2D eigenvalue weighted by molar-refractivity contribution is 7.14. The molecule has 0 amide bonds. The van der Waals surface area contributed by atoms with Crippen molar-refractivity contribution in [3.05, 3.63) is 34.8 Å². The van der Waals surface area contributed by atoms with Gasteiger partial charge in [-0.15, -0.1) is 0 Å². The Bertz CT molecular complexity index is 571. The summed E-state index contributed by atoms with van der Waals surface area (Å²) >= 11 is 1.91. The summed E-state index contributed by atoms with van der Waals surface area (Å²) in [4.78, 5) is 3.61. The molecule has 0 atom stereocenters. The molecular formula is C16H23IN2S. The lowest BCUT2D eigenvalue weighted by Crippen LogP contribution is -3.00. The van der Waals surface area contributed by atoms with Gasteiger partial charge in [0.05, 0.1) is 10.4 Å². The van der Waals surface area contributed by atoms with Gasteiger partial charge in [0.2, 0.25) is 0 Å². The minimum Gasteiger partial charge on any atom is -1.00 e. The van der Waals surface area contributed by atoms with Crippen molar-refractivity contribution in [3.8, 4) is 10.6 Å². The Hall–Kier alpha value is -0.620. The number of nitrogens with zero attached hydrogens (tertiary/aromatic N) is 2. The standard InChI is InChI=1S/C16H23N2S.HI/c1-11(2)15-12(3)18(6)16(19-15)13-7-9-14(10-8-13)17(4)5;/h7-11H,1-6H3;1H/q+1;/p-1. The number of rotatable bonds is 3. The van der Waals surface area contributed by atoms with Crippen molar-refractivity contribution >= 4 is 17.0 Å². The quantitative estimate of drug-likeness (QED) is 0.543. The van der Waals surface area contributed by atoms with Gasteiger partial charge in [-0.25, -0.2) is 0 Å². The monoisotopic (exact) mass is 402 g/mol. The Morgan fingerprint density at radius 1 is 1.10 bits per heavy atom. The molecule has 0 saturated heterocycles. The minimum absolute atomic E-state index is 0. The van der Waals surface area contributed by atoms with Crippen LogP contribution in [0.4, 0.5) is 5.69 Å². The highest BCUT2D eigenvalue weighted by Crippen LogP contribution is 2.31. The van der Waals surface area contributed by atoms with Crippen LogP contribution in [0.1, 0.15) is 30.3 Å². The third kappa shape index (κ3) is 3.34. The van der Waals surface area contributed by atoms with Crippen molar-refractivity contribution < 1.29 is 28.5 Å². The fourth-order valence-electron chi connectivity index (χ4n) is 2.25. The summed E-state index contributed by atoms with van der Waals surface area (Å²) in [6.45, 7) is 6.74. The first-order chi connectivity index (χ1) is 8.91. The highest BCUT2D eigenvalue weighted by Gasteiger charge is 2.22. The molecule has 2 nitrogen and oxygen atoms in total. The van der Waals surface area contributed by atoms with E-state index in [4.69, 9.17) is 0 Å². The predicted molar refractivity (Wildman–Crippen MR) is 84.1 cm³/mol. The van der Waals surface area contributed by atoms with Crippen LogP contribution in [-0.2, 0) is 7.05 Å². The summed E-state index contributed by atoms with van der Waals surface area (Å²) in [5.74, 6) is 0.589. The highest BCUT2D eigenvalue weighted by atomic mass is 127. The van der Waals surface area contributed by atoms with E-state index in [2.05, 4.69) is 75.6 Å². The van der Waals surface area contributed by atoms with Crippen LogP contribution in [0.2, 0.25) is 0 Å². The van der Waals surface area contributed by atoms with E-state index in [1.165, 1.54) is 26.8 Å². The zero-order valence-electron chi connectivity index (χ0n) is 13.1. The molecule has 2 aromatic rings. The van der Waals surface area contributed by atoms with Gasteiger partial charge in [0.15, 0.2) is 5.69 Å². The molecule has 0 fully saturated rings. The van der Waals surface area contributed by atoms with Crippen LogP contribution in [0.5, 0.6) is 0 Å². The Kier molecular flexibility index (Phi) is 6.01. The molecule has 0 bridgehead atoms. The van der Waals surface area contributed by atoms with Crippen molar-refractivity contribution in [1.82, 2.24) is 0 Å². The van der Waals surface area contributed by atoms with Crippen LogP contribution in [-0.4, -0.2) is 14.1 Å². The number of anilines is 1. The third-order valence-electron chi connectivity index (χ3n) is 3.53. The number of hydrogen-bond acceptors (Lipinski definition) is 2. The zero-order valence-corrected chi connectivity index (χ0v) is 16.0. The Labute approximate surface area is 143 Å². The lowest BCUT2D eigenvalue weighted by molar-refractivity contribution is -0.662. The summed E-state index contributed by atoms with van der Waals surface area (Å²) < 4.78 is 2.31. The van der Waals surface area contributed by atoms with Gasteiger partial charge in [-0.3, -0.25) is 0 Å². The van der Waals surface area contributed by atoms with Gasteiger partial charge in [-0.05, 0) is 30.2 Å². The lowest BCUT2D eigenvalue weighted by Gasteiger charge is -2.11. The average Bonchev–Trinajstić information content (AvgIpc) is 2.67. The summed E-state index contributed by atoms with van der Waals surface area (Å²) in [5.41, 5.74) is 3.92. The van der Waals surface area contributed by atoms with Crippen molar-refractivity contribution in [3.63, 3.8) is 0 Å². The molecular weight excluding hydrogens is 379 g/mol. The van der Waals surface area contributed by atoms with Crippen LogP contribution < -0.4 is 33.4 Å². The molecule has 0 N–H and O–H groups in total. The predicted octanol–water partition coefficient (Wildman–Crippen LogP) is 0.741. The normalized spacial score (nSPS) is 10.6. The van der Waals surface area contributed by atoms with Crippen LogP contribution >= 0.6 is 11.3 Å². The molecule has 0 spiro atoms. The van der Waals surface area contributed by atoms with E-state index in [0.29, 0.717) is 5.92 Å². The van der Waals surface area contributed by atoms with E-state index in [-0.39, 0.29) is 24.0 Å². The molecule has 0 aliphatic heterocycles. The number of thiazole rings is 1. The van der Waals surface area contributed by atoms with E-state index in [0.717, 1.165) is 0 Å². The van der Waals surface area contributed by atoms with Gasteiger partial charge >= 0.3 is 0 Å². The first-order valence-electron chi connectivity index (χ1n) is 6.69. The van der Waals surface area contributed by atoms with Gasteiger partial charge in [0, 0.05) is 26.7 Å². The first kappa shape index (κ1) is 17.4. The summed E-state index contributed by atoms with van der Waals surface area (Å²) in [7, 11) is 6.30. The SMILES string of the molecule is Cc1c(C(C)C)sc(-c2ccc(N(C)C)cc2)[n+]1C.[I-]. The minimum atomic E-state index is 0. The van der Waals surface area contributed by atoms with Gasteiger partial charge in [-0.1, -0.05) is 25.2 Å². The fraction of sp³-hybridized carbons (Fsp3) is 0.438. The van der Waals surface area contributed by atoms with Crippen molar-refractivity contribution in [2.24, 2.45) is 7.05 Å². The zero-order chi connectivity index (χ0) is 14.2. The van der Waals surface area contributed by atoms with Crippen LogP contribution in [0.15, 0.2) is 24.3 Å². The lowest BCUT2D eigenvalue weighted by atomic mass is 10.1. The van der Waals surface area contributed by atoms with Crippen LogP contribution in [0.25, 0.3) is 10.6 Å². The van der Waals surface area contributed by atoms with E-state index in [1.54, 1.807) is 0 Å². The molecule has 0 saturated carbocycles. The van der Waals surface area contributed by atoms with E-state index in [1.807, 2.05) is 11.3 Å². The fourth-order valence-corrected chi connectivity index (χ4v) is 3.51. The molecule has 20 heavy (non-hydrogen) atoms. The summed E-state index contributed by atoms with van der Waals surface area (Å²) in [6.07, 6.45) is 0. The molecule has 0 unspecified atom stereocenters. The topological polar surface area (TPSA) is 7.12 Å². The van der Waals surface area contributed by atoms with Crippen molar-refractivity contribution in [1.29, 1.82) is 0 Å². The Morgan fingerprint density at radius 3 is 2.05 bits per heavy atom. The average molecular weight is 402 g/mol. The molecule has 0 radical (unpaired) electrons. The molecule has 2 rings (SSSR count). The molecule has 1 aromatic carbocycles. The molecule has 0 aliphatic carbocycles. The van der Waals surface area contributed by atoms with Gasteiger partial charge in [0.1, 0.15) is 7.05 Å². The van der Waals surface area contributed by atoms with Gasteiger partial charge < -0.3 is 28.9 Å². The second kappa shape index (κ2) is 6.89. The molecule has 1 aromatic heterocycles. The smallest absolute Gasteiger partial charge is 0.269 e. The van der Waals surface area contributed by atoms with Gasteiger partial charge in [-0.2, -0.15) is 4.57 Å². The molecule has 110 valence electrons. The third-order valence-corrected chi connectivity index (χ3v) is 5.22. The van der Waals surface area contributed by atoms with Crippen LogP contribution in [0.3, 0.4) is 0 Å². The molecule has 0 aliphatic rings. The Morgan fingerprint density at radius 2 is 1.65 bits per heavy atom. The summed E-state index contributed by atoms with van der Waals surface area (Å²) in [6, 6.07) is 8.79. The first-order valence-corrected chi connectivity index (χ1v) is 7.50. The maximum atomic E-state index is 2.31. The number of benzene rings is 1. The second-order valence-corrected chi connectivity index (χ2v) is 6.54. The van der Waals surface area contributed by atoms with E-state index < -0.39 is 0 Å². The maximum absolute atomic E-state index is 2.31.